The van der Waals surface area contributed by atoms with Gasteiger partial charge >= 0.3 is 5.97 Å². The number of aryl methyl sites for hydroxylation is 1. The molecule has 1 N–H and O–H groups in total. The van der Waals surface area contributed by atoms with E-state index < -0.39 is 12.0 Å². The molecule has 3 heterocycles. The first-order chi connectivity index (χ1) is 11.2. The molecule has 1 aliphatic carbocycles. The van der Waals surface area contributed by atoms with E-state index in [-0.39, 0.29) is 0 Å². The minimum Gasteiger partial charge on any atom is -0.480 e. The Balaban J connectivity index is 1.83. The van der Waals surface area contributed by atoms with Crippen molar-refractivity contribution in [2.24, 2.45) is 0 Å². The second kappa shape index (κ2) is 5.61. The van der Waals surface area contributed by atoms with E-state index in [1.54, 1.807) is 12.4 Å². The smallest absolute Gasteiger partial charge is 0.326 e. The zero-order valence-electron chi connectivity index (χ0n) is 12.8. The van der Waals surface area contributed by atoms with Crippen LogP contribution in [0.15, 0.2) is 24.5 Å². The molecule has 0 unspecified atom stereocenters. The van der Waals surface area contributed by atoms with Crippen LogP contribution in [0.5, 0.6) is 0 Å². The third-order valence-corrected chi connectivity index (χ3v) is 4.64. The Morgan fingerprint density at radius 3 is 2.96 bits per heavy atom. The Hall–Kier alpha value is -2.50. The zero-order valence-corrected chi connectivity index (χ0v) is 12.8. The highest BCUT2D eigenvalue weighted by Gasteiger charge is 2.34. The highest BCUT2D eigenvalue weighted by Crippen LogP contribution is 2.34. The van der Waals surface area contributed by atoms with Gasteiger partial charge in [-0.25, -0.2) is 14.8 Å². The molecule has 6 heteroatoms. The number of nitrogens with zero attached hydrogens (tertiary/aromatic N) is 4. The van der Waals surface area contributed by atoms with Gasteiger partial charge in [0, 0.05) is 35.8 Å². The number of fused-ring (bicyclic) bond motifs is 1. The van der Waals surface area contributed by atoms with Gasteiger partial charge in [-0.05, 0) is 44.2 Å². The third kappa shape index (κ3) is 2.44. The van der Waals surface area contributed by atoms with Crippen molar-refractivity contribution in [3.63, 3.8) is 0 Å². The zero-order chi connectivity index (χ0) is 15.8. The van der Waals surface area contributed by atoms with Crippen molar-refractivity contribution in [3.05, 3.63) is 35.8 Å². The number of aliphatic carboxylic acids is 1. The van der Waals surface area contributed by atoms with E-state index in [0.29, 0.717) is 12.2 Å². The second-order valence-corrected chi connectivity index (χ2v) is 6.08. The van der Waals surface area contributed by atoms with Crippen LogP contribution in [0.4, 0.5) is 5.82 Å². The van der Waals surface area contributed by atoms with Gasteiger partial charge in [-0.15, -0.1) is 0 Å². The lowest BCUT2D eigenvalue weighted by Crippen LogP contribution is -2.37. The van der Waals surface area contributed by atoms with Crippen LogP contribution in [0.3, 0.4) is 0 Å². The van der Waals surface area contributed by atoms with Crippen molar-refractivity contribution < 1.29 is 9.90 Å². The van der Waals surface area contributed by atoms with Crippen LogP contribution in [-0.2, 0) is 17.6 Å². The molecule has 6 nitrogen and oxygen atoms in total. The van der Waals surface area contributed by atoms with E-state index >= 15 is 0 Å². The van der Waals surface area contributed by atoms with Gasteiger partial charge in [0.2, 0.25) is 0 Å². The molecule has 23 heavy (non-hydrogen) atoms. The van der Waals surface area contributed by atoms with Crippen molar-refractivity contribution in [1.29, 1.82) is 0 Å². The minimum absolute atomic E-state index is 0.476. The number of hydrogen-bond acceptors (Lipinski definition) is 5. The molecule has 0 saturated carbocycles. The number of pyridine rings is 1. The monoisotopic (exact) mass is 310 g/mol. The summed E-state index contributed by atoms with van der Waals surface area (Å²) in [6, 6.07) is 3.32. The molecule has 2 aromatic heterocycles. The van der Waals surface area contributed by atoms with Gasteiger partial charge in [0.1, 0.15) is 11.9 Å². The van der Waals surface area contributed by atoms with E-state index in [9.17, 15) is 9.90 Å². The summed E-state index contributed by atoms with van der Waals surface area (Å²) in [6.07, 6.45) is 7.95. The van der Waals surface area contributed by atoms with Crippen LogP contribution >= 0.6 is 0 Å². The largest absolute Gasteiger partial charge is 0.480 e. The number of anilines is 1. The van der Waals surface area contributed by atoms with E-state index in [0.717, 1.165) is 54.9 Å². The number of carboxylic acids is 1. The molecule has 1 saturated heterocycles. The molecule has 0 aromatic carbocycles. The summed E-state index contributed by atoms with van der Waals surface area (Å²) in [6.45, 7) is 0.743. The molecule has 0 amide bonds. The maximum absolute atomic E-state index is 11.5. The molecule has 2 aromatic rings. The van der Waals surface area contributed by atoms with Crippen LogP contribution in [0, 0.1) is 0 Å². The molecular formula is C17H18N4O2. The van der Waals surface area contributed by atoms with E-state index in [2.05, 4.69) is 4.98 Å². The molecule has 118 valence electrons. The number of aromatic nitrogens is 3. The van der Waals surface area contributed by atoms with E-state index in [4.69, 9.17) is 9.97 Å². The highest BCUT2D eigenvalue weighted by molar-refractivity contribution is 5.79. The Morgan fingerprint density at radius 1 is 1.26 bits per heavy atom. The van der Waals surface area contributed by atoms with Crippen LogP contribution < -0.4 is 4.90 Å². The summed E-state index contributed by atoms with van der Waals surface area (Å²) < 4.78 is 0. The van der Waals surface area contributed by atoms with E-state index in [1.165, 1.54) is 0 Å². The van der Waals surface area contributed by atoms with Gasteiger partial charge in [-0.2, -0.15) is 0 Å². The first kappa shape index (κ1) is 14.1. The van der Waals surface area contributed by atoms with Crippen molar-refractivity contribution in [2.45, 2.75) is 38.1 Å². The lowest BCUT2D eigenvalue weighted by Gasteiger charge is -2.25. The average molecular weight is 310 g/mol. The summed E-state index contributed by atoms with van der Waals surface area (Å²) >= 11 is 0. The van der Waals surface area contributed by atoms with Crippen LogP contribution in [0.25, 0.3) is 11.4 Å². The molecule has 0 bridgehead atoms. The number of carboxylic acid groups (broad SMARTS) is 1. The molecular weight excluding hydrogens is 292 g/mol. The lowest BCUT2D eigenvalue weighted by atomic mass is 10.1. The van der Waals surface area contributed by atoms with Crippen LogP contribution in [-0.4, -0.2) is 38.6 Å². The Labute approximate surface area is 134 Å². The van der Waals surface area contributed by atoms with Crippen molar-refractivity contribution >= 4 is 11.8 Å². The Bertz CT molecular complexity index is 748. The fourth-order valence-corrected chi connectivity index (χ4v) is 3.55. The average Bonchev–Trinajstić information content (AvgIpc) is 3.23. The maximum Gasteiger partial charge on any atom is 0.326 e. The number of rotatable bonds is 3. The van der Waals surface area contributed by atoms with Gasteiger partial charge in [0.15, 0.2) is 5.82 Å². The van der Waals surface area contributed by atoms with Crippen molar-refractivity contribution in [2.75, 3.05) is 11.4 Å². The SMILES string of the molecule is O=C(O)[C@H]1CCCN1c1nc(-c2cccnc2)nc2c1CCC2. The molecule has 0 spiro atoms. The van der Waals surface area contributed by atoms with Crippen LogP contribution in [0.2, 0.25) is 0 Å². The lowest BCUT2D eigenvalue weighted by molar-refractivity contribution is -0.138. The molecule has 0 radical (unpaired) electrons. The summed E-state index contributed by atoms with van der Waals surface area (Å²) in [5, 5.41) is 9.48. The molecule has 4 rings (SSSR count). The third-order valence-electron chi connectivity index (χ3n) is 4.64. The summed E-state index contributed by atoms with van der Waals surface area (Å²) in [5.74, 6) is 0.692. The summed E-state index contributed by atoms with van der Waals surface area (Å²) in [4.78, 5) is 27.1. The predicted molar refractivity (Wildman–Crippen MR) is 85.3 cm³/mol. The quantitative estimate of drug-likeness (QED) is 0.935. The standard InChI is InChI=1S/C17H18N4O2/c22-17(23)14-7-3-9-21(14)16-12-5-1-6-13(12)19-15(20-16)11-4-2-8-18-10-11/h2,4,8,10,14H,1,3,5-7,9H2,(H,22,23)/t14-/m1/s1. The molecule has 1 atom stereocenters. The predicted octanol–water partition coefficient (Wildman–Crippen LogP) is 2.08. The Kier molecular flexibility index (Phi) is 3.44. The molecule has 2 aliphatic rings. The normalized spacial score (nSPS) is 19.8. The first-order valence-electron chi connectivity index (χ1n) is 8.03. The highest BCUT2D eigenvalue weighted by atomic mass is 16.4. The van der Waals surface area contributed by atoms with Crippen molar-refractivity contribution in [3.8, 4) is 11.4 Å². The second-order valence-electron chi connectivity index (χ2n) is 6.08. The summed E-state index contributed by atoms with van der Waals surface area (Å²) in [5.41, 5.74) is 3.06. The summed E-state index contributed by atoms with van der Waals surface area (Å²) in [7, 11) is 0. The maximum atomic E-state index is 11.5. The van der Waals surface area contributed by atoms with Crippen LogP contribution in [0.1, 0.15) is 30.5 Å². The minimum atomic E-state index is -0.768. The molecule has 1 aliphatic heterocycles. The molecule has 1 fully saturated rings. The van der Waals surface area contributed by atoms with Gasteiger partial charge in [0.05, 0.1) is 0 Å². The number of carbonyl (C=O) groups is 1. The fourth-order valence-electron chi connectivity index (χ4n) is 3.55. The fraction of sp³-hybridized carbons (Fsp3) is 0.412. The Morgan fingerprint density at radius 2 is 2.17 bits per heavy atom. The van der Waals surface area contributed by atoms with Gasteiger partial charge in [0.25, 0.3) is 0 Å². The van der Waals surface area contributed by atoms with Gasteiger partial charge < -0.3 is 10.0 Å². The van der Waals surface area contributed by atoms with Crippen molar-refractivity contribution in [1.82, 2.24) is 15.0 Å². The topological polar surface area (TPSA) is 79.2 Å². The van der Waals surface area contributed by atoms with Gasteiger partial charge in [-0.1, -0.05) is 0 Å². The van der Waals surface area contributed by atoms with E-state index in [1.807, 2.05) is 17.0 Å². The van der Waals surface area contributed by atoms with Gasteiger partial charge in [-0.3, -0.25) is 4.98 Å². The first-order valence-corrected chi connectivity index (χ1v) is 8.03. The number of hydrogen-bond donors (Lipinski definition) is 1.